The highest BCUT2D eigenvalue weighted by Gasteiger charge is 2.47. The van der Waals surface area contributed by atoms with Crippen LogP contribution in [0.3, 0.4) is 0 Å². The largest absolute Gasteiger partial charge is 0.370 e. The molecule has 0 spiro atoms. The van der Waals surface area contributed by atoms with Gasteiger partial charge in [0.05, 0.1) is 24.4 Å². The molecule has 3 nitrogen and oxygen atoms in total. The molecular weight excluding hydrogens is 180 g/mol. The molecule has 3 heteroatoms. The van der Waals surface area contributed by atoms with Crippen LogP contribution in [-0.2, 0) is 14.2 Å². The SMILES string of the molecule is CC1(C)O[C@@H]2CC[C@@H]3O[C@@H]3CC[C@H]2O1. The van der Waals surface area contributed by atoms with Crippen molar-refractivity contribution in [2.75, 3.05) is 0 Å². The zero-order valence-electron chi connectivity index (χ0n) is 8.86. The van der Waals surface area contributed by atoms with Crippen molar-refractivity contribution in [3.8, 4) is 0 Å². The van der Waals surface area contributed by atoms with Gasteiger partial charge in [0.2, 0.25) is 0 Å². The molecule has 14 heavy (non-hydrogen) atoms. The lowest BCUT2D eigenvalue weighted by Gasteiger charge is -2.17. The number of fused-ring (bicyclic) bond motifs is 2. The summed E-state index contributed by atoms with van der Waals surface area (Å²) in [6.45, 7) is 4.02. The first kappa shape index (κ1) is 9.13. The number of ether oxygens (including phenoxy) is 3. The maximum atomic E-state index is 5.88. The third-order valence-corrected chi connectivity index (χ3v) is 3.44. The molecule has 4 atom stereocenters. The third kappa shape index (κ3) is 1.58. The predicted octanol–water partition coefficient (Wildman–Crippen LogP) is 1.85. The fraction of sp³-hybridized carbons (Fsp3) is 1.00. The molecule has 3 fully saturated rings. The van der Waals surface area contributed by atoms with Crippen molar-refractivity contribution in [1.29, 1.82) is 0 Å². The second-order valence-corrected chi connectivity index (χ2v) is 5.08. The third-order valence-electron chi connectivity index (χ3n) is 3.44. The lowest BCUT2D eigenvalue weighted by molar-refractivity contribution is -0.147. The Hall–Kier alpha value is -0.120. The molecule has 2 heterocycles. The van der Waals surface area contributed by atoms with Gasteiger partial charge in [-0.15, -0.1) is 0 Å². The summed E-state index contributed by atoms with van der Waals surface area (Å²) in [6.07, 6.45) is 6.14. The Morgan fingerprint density at radius 3 is 1.71 bits per heavy atom. The highest BCUT2D eigenvalue weighted by molar-refractivity contribution is 4.93. The average molecular weight is 198 g/mol. The van der Waals surface area contributed by atoms with Crippen molar-refractivity contribution >= 4 is 0 Å². The monoisotopic (exact) mass is 198 g/mol. The van der Waals surface area contributed by atoms with E-state index >= 15 is 0 Å². The molecule has 3 aliphatic rings. The van der Waals surface area contributed by atoms with Crippen LogP contribution in [0, 0.1) is 0 Å². The molecule has 1 aliphatic carbocycles. The summed E-state index contributed by atoms with van der Waals surface area (Å²) in [7, 11) is 0. The number of rotatable bonds is 0. The van der Waals surface area contributed by atoms with Crippen molar-refractivity contribution in [2.24, 2.45) is 0 Å². The molecule has 0 N–H and O–H groups in total. The standard InChI is InChI=1S/C11H18O3/c1-11(2)13-9-5-3-7-8(12-7)4-6-10(9)14-11/h7-10H,3-6H2,1-2H3/t7-,8+,9-,10-/m1/s1. The van der Waals surface area contributed by atoms with Crippen molar-refractivity contribution in [2.45, 2.75) is 69.7 Å². The van der Waals surface area contributed by atoms with Crippen molar-refractivity contribution in [3.05, 3.63) is 0 Å². The molecule has 0 bridgehead atoms. The lowest BCUT2D eigenvalue weighted by atomic mass is 9.96. The van der Waals surface area contributed by atoms with Crippen LogP contribution in [0.4, 0.5) is 0 Å². The molecule has 0 aromatic heterocycles. The molecule has 0 aromatic carbocycles. The van der Waals surface area contributed by atoms with Gasteiger partial charge in [-0.2, -0.15) is 0 Å². The maximum Gasteiger partial charge on any atom is 0.163 e. The van der Waals surface area contributed by atoms with Crippen LogP contribution >= 0.6 is 0 Å². The van der Waals surface area contributed by atoms with Crippen LogP contribution in [0.2, 0.25) is 0 Å². The summed E-state index contributed by atoms with van der Waals surface area (Å²) in [5.41, 5.74) is 0. The minimum atomic E-state index is -0.370. The van der Waals surface area contributed by atoms with Crippen molar-refractivity contribution < 1.29 is 14.2 Å². The first-order chi connectivity index (χ1) is 6.64. The quantitative estimate of drug-likeness (QED) is 0.556. The van der Waals surface area contributed by atoms with E-state index in [-0.39, 0.29) is 5.79 Å². The topological polar surface area (TPSA) is 31.0 Å². The minimum Gasteiger partial charge on any atom is -0.370 e. The summed E-state index contributed by atoms with van der Waals surface area (Å²) in [6, 6.07) is 0. The Morgan fingerprint density at radius 2 is 1.21 bits per heavy atom. The zero-order valence-corrected chi connectivity index (χ0v) is 8.86. The molecule has 2 saturated heterocycles. The van der Waals surface area contributed by atoms with Gasteiger partial charge in [-0.05, 0) is 39.5 Å². The highest BCUT2D eigenvalue weighted by atomic mass is 16.7. The van der Waals surface area contributed by atoms with Crippen LogP contribution < -0.4 is 0 Å². The lowest BCUT2D eigenvalue weighted by Crippen LogP contribution is -2.25. The van der Waals surface area contributed by atoms with E-state index in [1.54, 1.807) is 0 Å². The number of epoxide rings is 1. The van der Waals surface area contributed by atoms with Gasteiger partial charge in [-0.1, -0.05) is 0 Å². The van der Waals surface area contributed by atoms with E-state index < -0.39 is 0 Å². The molecule has 0 radical (unpaired) electrons. The molecule has 3 rings (SSSR count). The molecule has 0 unspecified atom stereocenters. The van der Waals surface area contributed by atoms with Crippen molar-refractivity contribution in [1.82, 2.24) is 0 Å². The van der Waals surface area contributed by atoms with Crippen LogP contribution in [0.25, 0.3) is 0 Å². The van der Waals surface area contributed by atoms with Gasteiger partial charge in [0.25, 0.3) is 0 Å². The minimum absolute atomic E-state index is 0.301. The molecular formula is C11H18O3. The van der Waals surface area contributed by atoms with E-state index in [0.29, 0.717) is 24.4 Å². The Morgan fingerprint density at radius 1 is 0.786 bits per heavy atom. The van der Waals surface area contributed by atoms with Crippen LogP contribution in [0.1, 0.15) is 39.5 Å². The summed E-state index contributed by atoms with van der Waals surface area (Å²) >= 11 is 0. The predicted molar refractivity (Wildman–Crippen MR) is 51.0 cm³/mol. The molecule has 0 aromatic rings. The first-order valence-corrected chi connectivity index (χ1v) is 5.65. The maximum absolute atomic E-state index is 5.88. The highest BCUT2D eigenvalue weighted by Crippen LogP contribution is 2.40. The van der Waals surface area contributed by atoms with Gasteiger partial charge in [0.15, 0.2) is 5.79 Å². The summed E-state index contributed by atoms with van der Waals surface area (Å²) in [4.78, 5) is 0. The zero-order chi connectivity index (χ0) is 9.76. The summed E-state index contributed by atoms with van der Waals surface area (Å²) < 4.78 is 17.3. The normalized spacial score (nSPS) is 50.1. The van der Waals surface area contributed by atoms with E-state index in [1.807, 2.05) is 13.8 Å². The van der Waals surface area contributed by atoms with E-state index in [9.17, 15) is 0 Å². The Kier molecular flexibility index (Phi) is 1.92. The van der Waals surface area contributed by atoms with Gasteiger partial charge in [-0.3, -0.25) is 0 Å². The Balaban J connectivity index is 1.69. The van der Waals surface area contributed by atoms with E-state index in [2.05, 4.69) is 0 Å². The Bertz CT molecular complexity index is 217. The van der Waals surface area contributed by atoms with Crippen LogP contribution in [0.5, 0.6) is 0 Å². The molecule has 2 aliphatic heterocycles. The molecule has 1 saturated carbocycles. The second-order valence-electron chi connectivity index (χ2n) is 5.08. The second kappa shape index (κ2) is 2.94. The van der Waals surface area contributed by atoms with E-state index in [1.165, 1.54) is 0 Å². The Labute approximate surface area is 84.7 Å². The van der Waals surface area contributed by atoms with Crippen LogP contribution in [0.15, 0.2) is 0 Å². The fourth-order valence-electron chi connectivity index (χ4n) is 2.74. The van der Waals surface area contributed by atoms with Gasteiger partial charge in [0.1, 0.15) is 0 Å². The van der Waals surface area contributed by atoms with E-state index in [4.69, 9.17) is 14.2 Å². The van der Waals surface area contributed by atoms with E-state index in [0.717, 1.165) is 25.7 Å². The summed E-state index contributed by atoms with van der Waals surface area (Å²) in [5, 5.41) is 0. The average Bonchev–Trinajstić information content (AvgIpc) is 2.75. The van der Waals surface area contributed by atoms with Crippen LogP contribution in [-0.4, -0.2) is 30.2 Å². The molecule has 0 amide bonds. The fourth-order valence-corrected chi connectivity index (χ4v) is 2.74. The van der Waals surface area contributed by atoms with Gasteiger partial charge < -0.3 is 14.2 Å². The van der Waals surface area contributed by atoms with Gasteiger partial charge in [-0.25, -0.2) is 0 Å². The number of hydrogen-bond donors (Lipinski definition) is 0. The molecule has 80 valence electrons. The first-order valence-electron chi connectivity index (χ1n) is 5.65. The smallest absolute Gasteiger partial charge is 0.163 e. The number of hydrogen-bond acceptors (Lipinski definition) is 3. The van der Waals surface area contributed by atoms with Crippen molar-refractivity contribution in [3.63, 3.8) is 0 Å². The van der Waals surface area contributed by atoms with Gasteiger partial charge in [0, 0.05) is 0 Å². The van der Waals surface area contributed by atoms with Gasteiger partial charge >= 0.3 is 0 Å². The summed E-state index contributed by atoms with van der Waals surface area (Å²) in [5.74, 6) is -0.370.